The standard InChI is InChI=1S/C20H32N4O3/c1-20(2,3)17-6-7-18(25)24(22-17)14-15-8-10-23(11-9-15)19(26)21-13-16-5-4-12-27-16/h6-7,15-16H,4-5,8-14H2,1-3H3,(H,21,26). The minimum absolute atomic E-state index is 0.00558. The van der Waals surface area contributed by atoms with Gasteiger partial charge in [0.15, 0.2) is 0 Å². The largest absolute Gasteiger partial charge is 0.376 e. The van der Waals surface area contributed by atoms with Crippen LogP contribution in [0.1, 0.15) is 52.1 Å². The SMILES string of the molecule is CC(C)(C)c1ccc(=O)n(CC2CCN(C(=O)NCC3CCCO3)CC2)n1. The molecule has 3 rings (SSSR count). The van der Waals surface area contributed by atoms with Crippen molar-refractivity contribution in [2.24, 2.45) is 5.92 Å². The van der Waals surface area contributed by atoms with Crippen LogP contribution in [0.3, 0.4) is 0 Å². The third kappa shape index (κ3) is 5.31. The Bertz CT molecular complexity index is 696. The number of amides is 2. The fourth-order valence-corrected chi connectivity index (χ4v) is 3.66. The van der Waals surface area contributed by atoms with Crippen LogP contribution < -0.4 is 10.9 Å². The van der Waals surface area contributed by atoms with Crippen molar-refractivity contribution in [3.8, 4) is 0 Å². The average Bonchev–Trinajstić information content (AvgIpc) is 3.15. The predicted molar refractivity (Wildman–Crippen MR) is 104 cm³/mol. The van der Waals surface area contributed by atoms with Gasteiger partial charge in [0, 0.05) is 44.3 Å². The van der Waals surface area contributed by atoms with Crippen molar-refractivity contribution in [2.45, 2.75) is 64.5 Å². The topological polar surface area (TPSA) is 76.5 Å². The van der Waals surface area contributed by atoms with Gasteiger partial charge >= 0.3 is 6.03 Å². The van der Waals surface area contributed by atoms with Crippen LogP contribution in [0.5, 0.6) is 0 Å². The van der Waals surface area contributed by atoms with Crippen molar-refractivity contribution < 1.29 is 9.53 Å². The molecule has 150 valence electrons. The van der Waals surface area contributed by atoms with Gasteiger partial charge in [0.2, 0.25) is 0 Å². The summed E-state index contributed by atoms with van der Waals surface area (Å²) >= 11 is 0. The highest BCUT2D eigenvalue weighted by Crippen LogP contribution is 2.21. The summed E-state index contributed by atoms with van der Waals surface area (Å²) in [5, 5.41) is 7.55. The third-order valence-corrected chi connectivity index (χ3v) is 5.47. The van der Waals surface area contributed by atoms with E-state index in [4.69, 9.17) is 4.74 Å². The van der Waals surface area contributed by atoms with Crippen molar-refractivity contribution in [1.82, 2.24) is 20.0 Å². The summed E-state index contributed by atoms with van der Waals surface area (Å²) < 4.78 is 7.14. The maximum Gasteiger partial charge on any atom is 0.317 e. The molecule has 7 nitrogen and oxygen atoms in total. The van der Waals surface area contributed by atoms with Gasteiger partial charge in [-0.3, -0.25) is 4.79 Å². The predicted octanol–water partition coefficient (Wildman–Crippen LogP) is 2.14. The second-order valence-corrected chi connectivity index (χ2v) is 8.74. The number of piperidine rings is 1. The number of hydrogen-bond donors (Lipinski definition) is 1. The van der Waals surface area contributed by atoms with Crippen molar-refractivity contribution in [3.63, 3.8) is 0 Å². The maximum atomic E-state index is 12.3. The van der Waals surface area contributed by atoms with E-state index >= 15 is 0 Å². The van der Waals surface area contributed by atoms with E-state index in [-0.39, 0.29) is 23.1 Å². The lowest BCUT2D eigenvalue weighted by Gasteiger charge is -2.32. The summed E-state index contributed by atoms with van der Waals surface area (Å²) in [6.45, 7) is 9.74. The first-order valence-electron chi connectivity index (χ1n) is 10.1. The van der Waals surface area contributed by atoms with Crippen molar-refractivity contribution in [1.29, 1.82) is 0 Å². The number of nitrogens with one attached hydrogen (secondary N) is 1. The molecule has 1 atom stereocenters. The lowest BCUT2D eigenvalue weighted by molar-refractivity contribution is 0.107. The molecule has 2 aliphatic rings. The Labute approximate surface area is 161 Å². The summed E-state index contributed by atoms with van der Waals surface area (Å²) in [6, 6.07) is 3.43. The van der Waals surface area contributed by atoms with E-state index in [1.165, 1.54) is 0 Å². The van der Waals surface area contributed by atoms with E-state index in [1.54, 1.807) is 10.7 Å². The van der Waals surface area contributed by atoms with Gasteiger partial charge in [-0.15, -0.1) is 0 Å². The van der Waals surface area contributed by atoms with Crippen LogP contribution in [0, 0.1) is 5.92 Å². The molecule has 27 heavy (non-hydrogen) atoms. The first kappa shape index (κ1) is 19.9. The highest BCUT2D eigenvalue weighted by atomic mass is 16.5. The van der Waals surface area contributed by atoms with Crippen LogP contribution >= 0.6 is 0 Å². The third-order valence-electron chi connectivity index (χ3n) is 5.47. The molecular formula is C20H32N4O3. The minimum atomic E-state index is -0.0834. The van der Waals surface area contributed by atoms with Gasteiger partial charge in [-0.25, -0.2) is 9.48 Å². The quantitative estimate of drug-likeness (QED) is 0.873. The van der Waals surface area contributed by atoms with Crippen molar-refractivity contribution >= 4 is 6.03 Å². The Morgan fingerprint density at radius 3 is 2.63 bits per heavy atom. The van der Waals surface area contributed by atoms with E-state index in [0.29, 0.717) is 19.0 Å². The minimum Gasteiger partial charge on any atom is -0.376 e. The Morgan fingerprint density at radius 1 is 1.26 bits per heavy atom. The molecule has 0 radical (unpaired) electrons. The molecular weight excluding hydrogens is 344 g/mol. The molecule has 2 saturated heterocycles. The summed E-state index contributed by atoms with van der Waals surface area (Å²) in [5.41, 5.74) is 0.785. The van der Waals surface area contributed by atoms with E-state index in [1.807, 2.05) is 11.0 Å². The van der Waals surface area contributed by atoms with Gasteiger partial charge in [-0.2, -0.15) is 5.10 Å². The van der Waals surface area contributed by atoms with E-state index in [9.17, 15) is 9.59 Å². The highest BCUT2D eigenvalue weighted by Gasteiger charge is 2.25. The van der Waals surface area contributed by atoms with E-state index in [2.05, 4.69) is 31.2 Å². The van der Waals surface area contributed by atoms with Crippen LogP contribution in [0.15, 0.2) is 16.9 Å². The molecule has 2 amide bonds. The Hall–Kier alpha value is -1.89. The van der Waals surface area contributed by atoms with Gasteiger partial charge in [0.25, 0.3) is 5.56 Å². The van der Waals surface area contributed by atoms with Crippen LogP contribution in [0.4, 0.5) is 4.79 Å². The number of likely N-dealkylation sites (tertiary alicyclic amines) is 1. The van der Waals surface area contributed by atoms with Crippen molar-refractivity contribution in [3.05, 3.63) is 28.2 Å². The molecule has 0 aromatic carbocycles. The molecule has 1 aromatic heterocycles. The summed E-state index contributed by atoms with van der Waals surface area (Å²) in [4.78, 5) is 26.4. The number of rotatable bonds is 4. The molecule has 1 N–H and O–H groups in total. The number of ether oxygens (including phenoxy) is 1. The van der Waals surface area contributed by atoms with Crippen LogP contribution in [0.2, 0.25) is 0 Å². The van der Waals surface area contributed by atoms with Gasteiger partial charge < -0.3 is 15.0 Å². The number of urea groups is 1. The lowest BCUT2D eigenvalue weighted by Crippen LogP contribution is -2.47. The number of carbonyl (C=O) groups excluding carboxylic acids is 1. The summed E-state index contributed by atoms with van der Waals surface area (Å²) in [5.74, 6) is 0.368. The molecule has 3 heterocycles. The zero-order chi connectivity index (χ0) is 19.4. The van der Waals surface area contributed by atoms with Crippen LogP contribution in [-0.2, 0) is 16.7 Å². The Balaban J connectivity index is 1.49. The van der Waals surface area contributed by atoms with Gasteiger partial charge in [-0.05, 0) is 37.7 Å². The zero-order valence-electron chi connectivity index (χ0n) is 16.7. The Morgan fingerprint density at radius 2 is 2.00 bits per heavy atom. The second-order valence-electron chi connectivity index (χ2n) is 8.74. The number of carbonyl (C=O) groups is 1. The normalized spacial score (nSPS) is 21.4. The molecule has 2 aliphatic heterocycles. The molecule has 1 unspecified atom stereocenters. The smallest absolute Gasteiger partial charge is 0.317 e. The Kier molecular flexibility index (Phi) is 6.19. The number of aromatic nitrogens is 2. The fraction of sp³-hybridized carbons (Fsp3) is 0.750. The number of nitrogens with zero attached hydrogens (tertiary/aromatic N) is 3. The molecule has 0 aliphatic carbocycles. The van der Waals surface area contributed by atoms with E-state index < -0.39 is 0 Å². The fourth-order valence-electron chi connectivity index (χ4n) is 3.66. The summed E-state index contributed by atoms with van der Waals surface area (Å²) in [7, 11) is 0. The molecule has 0 bridgehead atoms. The van der Waals surface area contributed by atoms with Crippen LogP contribution in [0.25, 0.3) is 0 Å². The van der Waals surface area contributed by atoms with Crippen LogP contribution in [-0.4, -0.2) is 53.1 Å². The van der Waals surface area contributed by atoms with E-state index in [0.717, 1.165) is 51.1 Å². The highest BCUT2D eigenvalue weighted by molar-refractivity contribution is 5.74. The summed E-state index contributed by atoms with van der Waals surface area (Å²) in [6.07, 6.45) is 4.05. The van der Waals surface area contributed by atoms with Gasteiger partial charge in [-0.1, -0.05) is 20.8 Å². The average molecular weight is 377 g/mol. The molecule has 7 heteroatoms. The van der Waals surface area contributed by atoms with Gasteiger partial charge in [0.1, 0.15) is 0 Å². The first-order chi connectivity index (χ1) is 12.8. The molecule has 1 aromatic rings. The maximum absolute atomic E-state index is 12.3. The van der Waals surface area contributed by atoms with Gasteiger partial charge in [0.05, 0.1) is 11.8 Å². The van der Waals surface area contributed by atoms with Crippen molar-refractivity contribution in [2.75, 3.05) is 26.2 Å². The molecule has 0 saturated carbocycles. The second kappa shape index (κ2) is 8.42. The number of hydrogen-bond acceptors (Lipinski definition) is 4. The zero-order valence-corrected chi connectivity index (χ0v) is 16.7. The molecule has 0 spiro atoms. The molecule has 2 fully saturated rings. The lowest BCUT2D eigenvalue weighted by atomic mass is 9.92. The first-order valence-corrected chi connectivity index (χ1v) is 10.1. The monoisotopic (exact) mass is 376 g/mol.